The van der Waals surface area contributed by atoms with E-state index >= 15 is 0 Å². The lowest BCUT2D eigenvalue weighted by atomic mass is 10.1. The summed E-state index contributed by atoms with van der Waals surface area (Å²) in [6.45, 7) is 3.28. The lowest BCUT2D eigenvalue weighted by Crippen LogP contribution is -2.36. The van der Waals surface area contributed by atoms with E-state index in [9.17, 15) is 19.7 Å². The van der Waals surface area contributed by atoms with E-state index in [1.54, 1.807) is 26.0 Å². The molecule has 108 valence electrons. The molecule has 1 atom stereocenters. The number of nitro groups is 1. The summed E-state index contributed by atoms with van der Waals surface area (Å²) in [5.41, 5.74) is 0.0722. The van der Waals surface area contributed by atoms with Gasteiger partial charge < -0.3 is 10.4 Å². The summed E-state index contributed by atoms with van der Waals surface area (Å²) < 4.78 is 0. The molecule has 0 radical (unpaired) electrons. The predicted molar refractivity (Wildman–Crippen MR) is 71.6 cm³/mol. The third-order valence-electron chi connectivity index (χ3n) is 2.91. The maximum absolute atomic E-state index is 12.1. The first-order valence-corrected chi connectivity index (χ1v) is 6.13. The van der Waals surface area contributed by atoms with Crippen LogP contribution in [0.4, 0.5) is 5.69 Å². The third kappa shape index (κ3) is 3.78. The van der Waals surface area contributed by atoms with Crippen molar-refractivity contribution in [2.24, 2.45) is 0 Å². The van der Waals surface area contributed by atoms with E-state index in [2.05, 4.69) is 5.32 Å². The Bertz CT molecular complexity index is 542. The van der Waals surface area contributed by atoms with Crippen molar-refractivity contribution in [1.82, 2.24) is 5.32 Å². The molecule has 0 fully saturated rings. The monoisotopic (exact) mass is 280 g/mol. The molecule has 0 aliphatic rings. The number of para-hydroxylation sites is 1. The molecule has 1 amide bonds. The zero-order valence-corrected chi connectivity index (χ0v) is 11.3. The highest BCUT2D eigenvalue weighted by molar-refractivity contribution is 5.99. The molecule has 20 heavy (non-hydrogen) atoms. The normalized spacial score (nSPS) is 11.7. The number of carboxylic acid groups (broad SMARTS) is 1. The van der Waals surface area contributed by atoms with Gasteiger partial charge in [-0.05, 0) is 19.4 Å². The average Bonchev–Trinajstić information content (AvgIpc) is 2.36. The summed E-state index contributed by atoms with van der Waals surface area (Å²) >= 11 is 0. The SMILES string of the molecule is CCC(CC(=O)O)NC(=O)c1cccc(C)c1[N+](=O)[O-]. The number of carbonyl (C=O) groups is 2. The van der Waals surface area contributed by atoms with Crippen LogP contribution < -0.4 is 5.32 Å². The summed E-state index contributed by atoms with van der Waals surface area (Å²) in [6, 6.07) is 3.90. The molecule has 1 aromatic carbocycles. The molecule has 0 aromatic heterocycles. The van der Waals surface area contributed by atoms with Crippen LogP contribution in [0.3, 0.4) is 0 Å². The van der Waals surface area contributed by atoms with E-state index < -0.39 is 22.8 Å². The number of aryl methyl sites for hydroxylation is 1. The minimum atomic E-state index is -1.03. The Morgan fingerprint density at radius 1 is 1.45 bits per heavy atom. The second-order valence-electron chi connectivity index (χ2n) is 4.40. The van der Waals surface area contributed by atoms with Crippen molar-refractivity contribution in [2.45, 2.75) is 32.7 Å². The second-order valence-corrected chi connectivity index (χ2v) is 4.40. The maximum atomic E-state index is 12.1. The zero-order valence-electron chi connectivity index (χ0n) is 11.3. The van der Waals surface area contributed by atoms with Crippen molar-refractivity contribution in [2.75, 3.05) is 0 Å². The van der Waals surface area contributed by atoms with E-state index in [0.717, 1.165) is 0 Å². The van der Waals surface area contributed by atoms with Crippen LogP contribution in [0, 0.1) is 17.0 Å². The van der Waals surface area contributed by atoms with Gasteiger partial charge >= 0.3 is 5.97 Å². The van der Waals surface area contributed by atoms with Crippen molar-refractivity contribution >= 4 is 17.6 Å². The molecule has 0 bridgehead atoms. The van der Waals surface area contributed by atoms with Gasteiger partial charge in [0.2, 0.25) is 0 Å². The second kappa shape index (κ2) is 6.65. The highest BCUT2D eigenvalue weighted by Crippen LogP contribution is 2.23. The fraction of sp³-hybridized carbons (Fsp3) is 0.385. The molecule has 0 saturated carbocycles. The number of benzene rings is 1. The topological polar surface area (TPSA) is 110 Å². The van der Waals surface area contributed by atoms with Gasteiger partial charge in [0.1, 0.15) is 5.56 Å². The van der Waals surface area contributed by atoms with Crippen LogP contribution in [0.5, 0.6) is 0 Å². The maximum Gasteiger partial charge on any atom is 0.305 e. The molecule has 7 heteroatoms. The molecule has 0 aliphatic heterocycles. The number of carbonyl (C=O) groups excluding carboxylic acids is 1. The van der Waals surface area contributed by atoms with Gasteiger partial charge in [0.05, 0.1) is 11.3 Å². The van der Waals surface area contributed by atoms with Gasteiger partial charge in [0.15, 0.2) is 0 Å². The smallest absolute Gasteiger partial charge is 0.305 e. The Hall–Kier alpha value is -2.44. The van der Waals surface area contributed by atoms with Crippen LogP contribution in [0.15, 0.2) is 18.2 Å². The molecule has 0 aliphatic carbocycles. The van der Waals surface area contributed by atoms with Gasteiger partial charge in [-0.2, -0.15) is 0 Å². The molecule has 1 rings (SSSR count). The van der Waals surface area contributed by atoms with Gasteiger partial charge in [-0.15, -0.1) is 0 Å². The van der Waals surface area contributed by atoms with Crippen LogP contribution in [-0.2, 0) is 4.79 Å². The summed E-state index contributed by atoms with van der Waals surface area (Å²) in [4.78, 5) is 33.1. The first-order chi connectivity index (χ1) is 9.36. The largest absolute Gasteiger partial charge is 0.481 e. The minimum absolute atomic E-state index is 0.0566. The standard InChI is InChI=1S/C13H16N2O5/c1-3-9(7-11(16)17)14-13(18)10-6-4-5-8(2)12(10)15(19)20/h4-6,9H,3,7H2,1-2H3,(H,14,18)(H,16,17). The van der Waals surface area contributed by atoms with E-state index in [1.165, 1.54) is 6.07 Å². The number of hydrogen-bond acceptors (Lipinski definition) is 4. The van der Waals surface area contributed by atoms with Crippen LogP contribution >= 0.6 is 0 Å². The first kappa shape index (κ1) is 15.6. The lowest BCUT2D eigenvalue weighted by molar-refractivity contribution is -0.385. The molecule has 2 N–H and O–H groups in total. The molecular formula is C13H16N2O5. The van der Waals surface area contributed by atoms with Gasteiger partial charge in [-0.3, -0.25) is 19.7 Å². The van der Waals surface area contributed by atoms with Crippen molar-refractivity contribution in [3.8, 4) is 0 Å². The number of nitro benzene ring substituents is 1. The highest BCUT2D eigenvalue weighted by atomic mass is 16.6. The van der Waals surface area contributed by atoms with Crippen molar-refractivity contribution < 1.29 is 19.6 Å². The Balaban J connectivity index is 3.00. The fourth-order valence-electron chi connectivity index (χ4n) is 1.86. The molecule has 1 unspecified atom stereocenters. The highest BCUT2D eigenvalue weighted by Gasteiger charge is 2.24. The number of carboxylic acids is 1. The van der Waals surface area contributed by atoms with Crippen LogP contribution in [0.25, 0.3) is 0 Å². The number of amides is 1. The molecule has 7 nitrogen and oxygen atoms in total. The minimum Gasteiger partial charge on any atom is -0.481 e. The average molecular weight is 280 g/mol. The lowest BCUT2D eigenvalue weighted by Gasteiger charge is -2.15. The van der Waals surface area contributed by atoms with Crippen LogP contribution in [0.1, 0.15) is 35.7 Å². The van der Waals surface area contributed by atoms with Crippen LogP contribution in [-0.4, -0.2) is 27.9 Å². The summed E-state index contributed by atoms with van der Waals surface area (Å²) in [5, 5.41) is 22.3. The molecule has 1 aromatic rings. The summed E-state index contributed by atoms with van der Waals surface area (Å²) in [7, 11) is 0. The summed E-state index contributed by atoms with van der Waals surface area (Å²) in [5.74, 6) is -1.66. The Morgan fingerprint density at radius 2 is 2.10 bits per heavy atom. The zero-order chi connectivity index (χ0) is 15.3. The first-order valence-electron chi connectivity index (χ1n) is 6.13. The van der Waals surface area contributed by atoms with E-state index in [-0.39, 0.29) is 17.7 Å². The third-order valence-corrected chi connectivity index (χ3v) is 2.91. The number of nitrogens with zero attached hydrogens (tertiary/aromatic N) is 1. The quantitative estimate of drug-likeness (QED) is 0.610. The predicted octanol–water partition coefficient (Wildman–Crippen LogP) is 1.89. The van der Waals surface area contributed by atoms with E-state index in [1.807, 2.05) is 0 Å². The Kier molecular flexibility index (Phi) is 5.19. The van der Waals surface area contributed by atoms with E-state index in [4.69, 9.17) is 5.11 Å². The number of hydrogen-bond donors (Lipinski definition) is 2. The Labute approximate surface area is 115 Å². The number of nitrogens with one attached hydrogen (secondary N) is 1. The molecule has 0 heterocycles. The van der Waals surface area contributed by atoms with Crippen molar-refractivity contribution in [1.29, 1.82) is 0 Å². The molecule has 0 spiro atoms. The van der Waals surface area contributed by atoms with Crippen molar-refractivity contribution in [3.05, 3.63) is 39.4 Å². The van der Waals surface area contributed by atoms with Gasteiger partial charge in [-0.25, -0.2) is 0 Å². The molecular weight excluding hydrogens is 264 g/mol. The van der Waals surface area contributed by atoms with Gasteiger partial charge in [0, 0.05) is 11.6 Å². The van der Waals surface area contributed by atoms with Crippen LogP contribution in [0.2, 0.25) is 0 Å². The van der Waals surface area contributed by atoms with E-state index in [0.29, 0.717) is 12.0 Å². The summed E-state index contributed by atoms with van der Waals surface area (Å²) in [6.07, 6.45) is 0.208. The number of rotatable bonds is 6. The fourth-order valence-corrected chi connectivity index (χ4v) is 1.86. The van der Waals surface area contributed by atoms with Gasteiger partial charge in [0.25, 0.3) is 11.6 Å². The molecule has 0 saturated heterocycles. The van der Waals surface area contributed by atoms with Crippen molar-refractivity contribution in [3.63, 3.8) is 0 Å². The Morgan fingerprint density at radius 3 is 2.60 bits per heavy atom. The van der Waals surface area contributed by atoms with Gasteiger partial charge in [-0.1, -0.05) is 19.1 Å². The number of aliphatic carboxylic acids is 1.